The first-order valence-electron chi connectivity index (χ1n) is 10.4. The van der Waals surface area contributed by atoms with E-state index >= 15 is 0 Å². The Bertz CT molecular complexity index is 1430. The molecule has 0 amide bonds. The van der Waals surface area contributed by atoms with Crippen LogP contribution in [0.25, 0.3) is 11.2 Å². The number of fused-ring (bicyclic) bond motifs is 1. The maximum atomic E-state index is 12.8. The number of carbonyl (C=O) groups excluding carboxylic acids is 1. The Kier molecular flexibility index (Phi) is 7.13. The number of nitrogens with zero attached hydrogens (tertiary/aromatic N) is 4. The van der Waals surface area contributed by atoms with Gasteiger partial charge in [-0.2, -0.15) is 0 Å². The van der Waals surface area contributed by atoms with Gasteiger partial charge in [0.1, 0.15) is 18.1 Å². The van der Waals surface area contributed by atoms with Crippen molar-refractivity contribution in [1.82, 2.24) is 18.7 Å². The molecule has 0 saturated heterocycles. The maximum absolute atomic E-state index is 12.8. The van der Waals surface area contributed by atoms with Crippen LogP contribution in [0.1, 0.15) is 0 Å². The summed E-state index contributed by atoms with van der Waals surface area (Å²) in [7, 11) is 2.91. The van der Waals surface area contributed by atoms with E-state index in [9.17, 15) is 14.4 Å². The average molecular weight is 519 g/mol. The number of rotatable bonds is 8. The molecule has 0 spiro atoms. The molecule has 0 radical (unpaired) electrons. The lowest BCUT2D eigenvalue weighted by molar-refractivity contribution is -0.165. The van der Waals surface area contributed by atoms with Crippen LogP contribution in [0, 0.1) is 0 Å². The molecule has 2 heterocycles. The number of carbonyl (C=O) groups is 1. The van der Waals surface area contributed by atoms with Gasteiger partial charge in [0, 0.05) is 24.1 Å². The van der Waals surface area contributed by atoms with Crippen molar-refractivity contribution in [2.75, 3.05) is 6.61 Å². The topological polar surface area (TPSA) is 107 Å². The van der Waals surface area contributed by atoms with E-state index in [2.05, 4.69) is 4.98 Å². The zero-order valence-electron chi connectivity index (χ0n) is 18.7. The molecular weight excluding hydrogens is 499 g/mol. The summed E-state index contributed by atoms with van der Waals surface area (Å²) in [6, 6.07) is 12.8. The monoisotopic (exact) mass is 518 g/mol. The van der Waals surface area contributed by atoms with Crippen LogP contribution in [0.4, 0.5) is 0 Å². The van der Waals surface area contributed by atoms with E-state index < -0.39 is 23.5 Å². The highest BCUT2D eigenvalue weighted by atomic mass is 35.5. The second kappa shape index (κ2) is 10.2. The van der Waals surface area contributed by atoms with Crippen molar-refractivity contribution in [2.24, 2.45) is 14.1 Å². The maximum Gasteiger partial charge on any atom is 0.389 e. The van der Waals surface area contributed by atoms with Gasteiger partial charge in [-0.25, -0.2) is 14.6 Å². The first-order valence-corrected chi connectivity index (χ1v) is 11.1. The van der Waals surface area contributed by atoms with Crippen molar-refractivity contribution in [2.45, 2.75) is 12.8 Å². The molecule has 0 bridgehead atoms. The van der Waals surface area contributed by atoms with Crippen LogP contribution in [-0.2, 0) is 30.2 Å². The Balaban J connectivity index is 1.49. The fourth-order valence-electron chi connectivity index (χ4n) is 3.27. The van der Waals surface area contributed by atoms with Gasteiger partial charge in [0.2, 0.25) is 0 Å². The first kappa shape index (κ1) is 24.4. The molecular formula is C23H20Cl2N4O6. The van der Waals surface area contributed by atoms with Crippen LogP contribution in [0.3, 0.4) is 0 Å². The van der Waals surface area contributed by atoms with Gasteiger partial charge in [0.05, 0.1) is 12.9 Å². The van der Waals surface area contributed by atoms with Gasteiger partial charge >= 0.3 is 17.9 Å². The average Bonchev–Trinajstić information content (AvgIpc) is 3.27. The Morgan fingerprint density at radius 3 is 2.00 bits per heavy atom. The molecule has 4 aromatic rings. The molecule has 182 valence electrons. The minimum Gasteiger partial charge on any atom is -0.458 e. The van der Waals surface area contributed by atoms with E-state index in [0.717, 1.165) is 4.57 Å². The molecule has 2 aromatic carbocycles. The smallest absolute Gasteiger partial charge is 0.389 e. The second-order valence-electron chi connectivity index (χ2n) is 7.46. The van der Waals surface area contributed by atoms with Crippen molar-refractivity contribution < 1.29 is 19.0 Å². The molecule has 12 heteroatoms. The van der Waals surface area contributed by atoms with Crippen LogP contribution < -0.4 is 20.7 Å². The molecule has 0 saturated carbocycles. The van der Waals surface area contributed by atoms with Gasteiger partial charge in [-0.3, -0.25) is 13.9 Å². The number of esters is 1. The standard InChI is InChI=1S/C23H20Cl2N4O6/c1-27-19-18(20(30)28(2)23(27)32)29(13-26-19)11-12-33-21(31)22(34-16-7-3-14(24)4-8-16)35-17-9-5-15(25)6-10-17/h3-10,13,22H,11-12H2,1-2H3. The molecule has 10 nitrogen and oxygen atoms in total. The molecule has 0 aliphatic carbocycles. The number of hydrogen-bond donors (Lipinski definition) is 0. The van der Waals surface area contributed by atoms with E-state index in [1.807, 2.05) is 0 Å². The molecule has 0 N–H and O–H groups in total. The Hall–Kier alpha value is -3.76. The Morgan fingerprint density at radius 2 is 1.46 bits per heavy atom. The third-order valence-electron chi connectivity index (χ3n) is 5.10. The Morgan fingerprint density at radius 1 is 0.914 bits per heavy atom. The SMILES string of the molecule is Cn1c(=O)c2c(ncn2CCOC(=O)C(Oc2ccc(Cl)cc2)Oc2ccc(Cl)cc2)n(C)c1=O. The number of ether oxygens (including phenoxy) is 3. The molecule has 0 aliphatic rings. The molecule has 4 rings (SSSR count). The number of aromatic nitrogens is 4. The number of imidazole rings is 1. The summed E-state index contributed by atoms with van der Waals surface area (Å²) in [5.41, 5.74) is -0.529. The van der Waals surface area contributed by atoms with Gasteiger partial charge in [-0.1, -0.05) is 23.2 Å². The molecule has 0 fully saturated rings. The molecule has 0 aliphatic heterocycles. The van der Waals surface area contributed by atoms with E-state index in [4.69, 9.17) is 37.4 Å². The zero-order chi connectivity index (χ0) is 25.1. The van der Waals surface area contributed by atoms with Gasteiger partial charge in [-0.15, -0.1) is 0 Å². The summed E-state index contributed by atoms with van der Waals surface area (Å²) in [4.78, 5) is 41.6. The molecule has 2 aromatic heterocycles. The van der Waals surface area contributed by atoms with Crippen molar-refractivity contribution in [1.29, 1.82) is 0 Å². The fourth-order valence-corrected chi connectivity index (χ4v) is 3.52. The lowest BCUT2D eigenvalue weighted by atomic mass is 10.3. The lowest BCUT2D eigenvalue weighted by Crippen LogP contribution is -2.38. The first-order chi connectivity index (χ1) is 16.7. The predicted octanol–water partition coefficient (Wildman–Crippen LogP) is 2.77. The highest BCUT2D eigenvalue weighted by molar-refractivity contribution is 6.30. The van der Waals surface area contributed by atoms with Crippen molar-refractivity contribution in [3.05, 3.63) is 85.7 Å². The summed E-state index contributed by atoms with van der Waals surface area (Å²) in [6.45, 7) is 0.00500. The minimum absolute atomic E-state index is 0.110. The van der Waals surface area contributed by atoms with Crippen molar-refractivity contribution in [3.63, 3.8) is 0 Å². The van der Waals surface area contributed by atoms with Crippen LogP contribution in [-0.4, -0.2) is 37.6 Å². The minimum atomic E-state index is -1.43. The number of halogens is 2. The summed E-state index contributed by atoms with van der Waals surface area (Å²) in [6.07, 6.45) is -0.0174. The third-order valence-corrected chi connectivity index (χ3v) is 5.60. The van der Waals surface area contributed by atoms with E-state index in [1.165, 1.54) is 29.6 Å². The van der Waals surface area contributed by atoms with Crippen LogP contribution in [0.15, 0.2) is 64.4 Å². The summed E-state index contributed by atoms with van der Waals surface area (Å²) >= 11 is 11.8. The highest BCUT2D eigenvalue weighted by Gasteiger charge is 2.25. The van der Waals surface area contributed by atoms with Crippen molar-refractivity contribution >= 4 is 40.3 Å². The number of benzene rings is 2. The van der Waals surface area contributed by atoms with Crippen LogP contribution in [0.2, 0.25) is 10.0 Å². The van der Waals surface area contributed by atoms with Gasteiger partial charge in [0.25, 0.3) is 5.56 Å². The zero-order valence-corrected chi connectivity index (χ0v) is 20.2. The molecule has 0 atom stereocenters. The predicted molar refractivity (Wildman–Crippen MR) is 129 cm³/mol. The number of aryl methyl sites for hydroxylation is 1. The quantitative estimate of drug-likeness (QED) is 0.260. The molecule has 0 unspecified atom stereocenters. The van der Waals surface area contributed by atoms with Crippen LogP contribution >= 0.6 is 23.2 Å². The second-order valence-corrected chi connectivity index (χ2v) is 8.33. The fraction of sp³-hybridized carbons (Fsp3) is 0.217. The van der Waals surface area contributed by atoms with Gasteiger partial charge in [0.15, 0.2) is 11.2 Å². The van der Waals surface area contributed by atoms with Crippen LogP contribution in [0.5, 0.6) is 11.5 Å². The Labute approximate surface area is 208 Å². The summed E-state index contributed by atoms with van der Waals surface area (Å²) in [5.74, 6) is -0.106. The summed E-state index contributed by atoms with van der Waals surface area (Å²) < 4.78 is 20.5. The summed E-state index contributed by atoms with van der Waals surface area (Å²) in [5, 5.41) is 1.01. The van der Waals surface area contributed by atoms with E-state index in [-0.39, 0.29) is 24.3 Å². The number of hydrogen-bond acceptors (Lipinski definition) is 7. The lowest BCUT2D eigenvalue weighted by Gasteiger charge is -2.19. The highest BCUT2D eigenvalue weighted by Crippen LogP contribution is 2.21. The normalized spacial score (nSPS) is 11.1. The largest absolute Gasteiger partial charge is 0.458 e. The molecule has 35 heavy (non-hydrogen) atoms. The van der Waals surface area contributed by atoms with E-state index in [1.54, 1.807) is 48.5 Å². The third kappa shape index (κ3) is 5.33. The van der Waals surface area contributed by atoms with Crippen molar-refractivity contribution in [3.8, 4) is 11.5 Å². The van der Waals surface area contributed by atoms with Gasteiger partial charge in [-0.05, 0) is 48.5 Å². The van der Waals surface area contributed by atoms with E-state index in [0.29, 0.717) is 21.5 Å². The van der Waals surface area contributed by atoms with Gasteiger partial charge < -0.3 is 18.8 Å².